The van der Waals surface area contributed by atoms with Gasteiger partial charge in [0.25, 0.3) is 5.91 Å². The summed E-state index contributed by atoms with van der Waals surface area (Å²) in [6, 6.07) is 6.92. The van der Waals surface area contributed by atoms with Gasteiger partial charge in [-0.05, 0) is 12.1 Å². The molecule has 6 heteroatoms. The lowest BCUT2D eigenvalue weighted by Crippen LogP contribution is -2.30. The fourth-order valence-electron chi connectivity index (χ4n) is 0.991. The van der Waals surface area contributed by atoms with Crippen LogP contribution in [-0.4, -0.2) is 32.8 Å². The second-order valence-corrected chi connectivity index (χ2v) is 3.49. The van der Waals surface area contributed by atoms with Crippen molar-refractivity contribution in [3.8, 4) is 5.75 Å². The number of para-hydroxylation sites is 1. The number of ether oxygens (including phenoxy) is 2. The molecular formula is C11H14ClNO4. The molecule has 1 amide bonds. The summed E-state index contributed by atoms with van der Waals surface area (Å²) in [5.74, 6) is 0.0715. The zero-order chi connectivity index (χ0) is 12.5. The monoisotopic (exact) mass is 259 g/mol. The molecule has 1 N–H and O–H groups in total. The lowest BCUT2D eigenvalue weighted by molar-refractivity contribution is -0.136. The van der Waals surface area contributed by atoms with E-state index in [1.54, 1.807) is 31.4 Å². The van der Waals surface area contributed by atoms with E-state index in [2.05, 4.69) is 5.48 Å². The van der Waals surface area contributed by atoms with Crippen LogP contribution in [-0.2, 0) is 14.4 Å². The maximum Gasteiger partial charge on any atom is 0.281 e. The van der Waals surface area contributed by atoms with Crippen LogP contribution in [0.25, 0.3) is 0 Å². The Morgan fingerprint density at radius 2 is 2.12 bits per heavy atom. The molecular weight excluding hydrogens is 246 g/mol. The molecule has 17 heavy (non-hydrogen) atoms. The molecule has 0 aromatic heterocycles. The van der Waals surface area contributed by atoms with E-state index in [4.69, 9.17) is 25.9 Å². The Hall–Kier alpha value is -1.30. The Kier molecular flexibility index (Phi) is 6.39. The van der Waals surface area contributed by atoms with Gasteiger partial charge in [-0.1, -0.05) is 23.7 Å². The number of carbonyl (C=O) groups excluding carboxylic acids is 1. The molecule has 1 aromatic carbocycles. The van der Waals surface area contributed by atoms with Crippen molar-refractivity contribution in [1.29, 1.82) is 0 Å². The molecule has 0 saturated carbocycles. The first-order chi connectivity index (χ1) is 8.24. The van der Waals surface area contributed by atoms with E-state index in [9.17, 15) is 4.79 Å². The number of rotatable bonds is 7. The van der Waals surface area contributed by atoms with E-state index in [0.29, 0.717) is 17.4 Å². The SMILES string of the molecule is COCCONC(=O)COc1ccccc1Cl. The molecule has 0 heterocycles. The number of methoxy groups -OCH3 is 1. The summed E-state index contributed by atoms with van der Waals surface area (Å²) >= 11 is 5.85. The molecule has 0 atom stereocenters. The first kappa shape index (κ1) is 13.8. The van der Waals surface area contributed by atoms with Crippen molar-refractivity contribution in [2.45, 2.75) is 0 Å². The van der Waals surface area contributed by atoms with Gasteiger partial charge < -0.3 is 9.47 Å². The van der Waals surface area contributed by atoms with Gasteiger partial charge in [0, 0.05) is 7.11 Å². The Morgan fingerprint density at radius 1 is 1.35 bits per heavy atom. The van der Waals surface area contributed by atoms with Gasteiger partial charge in [-0.3, -0.25) is 9.63 Å². The Bertz CT molecular complexity index is 359. The van der Waals surface area contributed by atoms with Gasteiger partial charge >= 0.3 is 0 Å². The molecule has 0 spiro atoms. The van der Waals surface area contributed by atoms with E-state index in [1.807, 2.05) is 0 Å². The highest BCUT2D eigenvalue weighted by Crippen LogP contribution is 2.22. The molecule has 0 fully saturated rings. The Morgan fingerprint density at radius 3 is 2.82 bits per heavy atom. The summed E-state index contributed by atoms with van der Waals surface area (Å²) in [6.07, 6.45) is 0. The predicted octanol–water partition coefficient (Wildman–Crippen LogP) is 1.41. The van der Waals surface area contributed by atoms with Crippen LogP contribution in [0.2, 0.25) is 5.02 Å². The highest BCUT2D eigenvalue weighted by atomic mass is 35.5. The minimum Gasteiger partial charge on any atom is -0.482 e. The van der Waals surface area contributed by atoms with Crippen molar-refractivity contribution in [3.05, 3.63) is 29.3 Å². The van der Waals surface area contributed by atoms with Crippen LogP contribution in [0, 0.1) is 0 Å². The molecule has 0 saturated heterocycles. The minimum absolute atomic E-state index is 0.156. The fourth-order valence-corrected chi connectivity index (χ4v) is 1.18. The molecule has 0 bridgehead atoms. The van der Waals surface area contributed by atoms with Gasteiger partial charge in [0.1, 0.15) is 5.75 Å². The average molecular weight is 260 g/mol. The van der Waals surface area contributed by atoms with Gasteiger partial charge in [0.2, 0.25) is 0 Å². The van der Waals surface area contributed by atoms with Crippen LogP contribution >= 0.6 is 11.6 Å². The maximum absolute atomic E-state index is 11.2. The third kappa shape index (κ3) is 5.53. The number of benzene rings is 1. The van der Waals surface area contributed by atoms with Crippen molar-refractivity contribution in [1.82, 2.24) is 5.48 Å². The number of hydroxylamine groups is 1. The zero-order valence-electron chi connectivity index (χ0n) is 9.44. The predicted molar refractivity (Wildman–Crippen MR) is 62.9 cm³/mol. The second-order valence-electron chi connectivity index (χ2n) is 3.09. The van der Waals surface area contributed by atoms with Crippen LogP contribution in [0.3, 0.4) is 0 Å². The third-order valence-corrected chi connectivity index (χ3v) is 2.08. The number of nitrogens with one attached hydrogen (secondary N) is 1. The van der Waals surface area contributed by atoms with E-state index in [-0.39, 0.29) is 19.1 Å². The highest BCUT2D eigenvalue weighted by Gasteiger charge is 2.04. The summed E-state index contributed by atoms with van der Waals surface area (Å²) in [7, 11) is 1.55. The van der Waals surface area contributed by atoms with Crippen LogP contribution in [0.1, 0.15) is 0 Å². The first-order valence-electron chi connectivity index (χ1n) is 5.01. The van der Waals surface area contributed by atoms with Gasteiger partial charge in [-0.2, -0.15) is 0 Å². The lowest BCUT2D eigenvalue weighted by atomic mass is 10.3. The van der Waals surface area contributed by atoms with Crippen LogP contribution in [0.5, 0.6) is 5.75 Å². The highest BCUT2D eigenvalue weighted by molar-refractivity contribution is 6.32. The third-order valence-electron chi connectivity index (χ3n) is 1.77. The molecule has 5 nitrogen and oxygen atoms in total. The molecule has 94 valence electrons. The molecule has 0 radical (unpaired) electrons. The second kappa shape index (κ2) is 7.89. The number of amides is 1. The first-order valence-corrected chi connectivity index (χ1v) is 5.38. The smallest absolute Gasteiger partial charge is 0.281 e. The molecule has 1 aromatic rings. The number of hydrogen-bond donors (Lipinski definition) is 1. The van der Waals surface area contributed by atoms with Crippen LogP contribution < -0.4 is 10.2 Å². The molecule has 0 aliphatic carbocycles. The summed E-state index contributed by atoms with van der Waals surface area (Å²) < 4.78 is 9.94. The number of halogens is 1. The standard InChI is InChI=1S/C11H14ClNO4/c1-15-6-7-17-13-11(14)8-16-10-5-3-2-4-9(10)12/h2-5H,6-8H2,1H3,(H,13,14). The van der Waals surface area contributed by atoms with Gasteiger partial charge in [-0.15, -0.1) is 0 Å². The van der Waals surface area contributed by atoms with E-state index < -0.39 is 0 Å². The summed E-state index contributed by atoms with van der Waals surface area (Å²) in [5, 5.41) is 0.459. The minimum atomic E-state index is -0.388. The Labute approximate surface area is 105 Å². The van der Waals surface area contributed by atoms with Gasteiger partial charge in [0.15, 0.2) is 6.61 Å². The van der Waals surface area contributed by atoms with Gasteiger partial charge in [0.05, 0.1) is 18.2 Å². The van der Waals surface area contributed by atoms with Crippen molar-refractivity contribution < 1.29 is 19.1 Å². The van der Waals surface area contributed by atoms with Gasteiger partial charge in [-0.25, -0.2) is 5.48 Å². The fraction of sp³-hybridized carbons (Fsp3) is 0.364. The molecule has 1 rings (SSSR count). The average Bonchev–Trinajstić information content (AvgIpc) is 2.34. The van der Waals surface area contributed by atoms with Crippen molar-refractivity contribution in [2.75, 3.05) is 26.9 Å². The van der Waals surface area contributed by atoms with Crippen LogP contribution in [0.15, 0.2) is 24.3 Å². The van der Waals surface area contributed by atoms with Crippen molar-refractivity contribution >= 4 is 17.5 Å². The summed E-state index contributed by atoms with van der Waals surface area (Å²) in [5.41, 5.74) is 2.22. The molecule has 0 unspecified atom stereocenters. The zero-order valence-corrected chi connectivity index (χ0v) is 10.2. The quantitative estimate of drug-likeness (QED) is 0.594. The molecule has 0 aliphatic heterocycles. The maximum atomic E-state index is 11.2. The van der Waals surface area contributed by atoms with Crippen molar-refractivity contribution in [2.24, 2.45) is 0 Å². The summed E-state index contributed by atoms with van der Waals surface area (Å²) in [6.45, 7) is 0.538. The summed E-state index contributed by atoms with van der Waals surface area (Å²) in [4.78, 5) is 16.1. The number of carbonyl (C=O) groups is 1. The topological polar surface area (TPSA) is 56.8 Å². The normalized spacial score (nSPS) is 10.0. The number of hydrogen-bond acceptors (Lipinski definition) is 4. The Balaban J connectivity index is 2.22. The van der Waals surface area contributed by atoms with E-state index in [1.165, 1.54) is 0 Å². The molecule has 0 aliphatic rings. The van der Waals surface area contributed by atoms with Crippen molar-refractivity contribution in [3.63, 3.8) is 0 Å². The lowest BCUT2D eigenvalue weighted by Gasteiger charge is -2.08. The van der Waals surface area contributed by atoms with E-state index >= 15 is 0 Å². The van der Waals surface area contributed by atoms with E-state index in [0.717, 1.165) is 0 Å². The largest absolute Gasteiger partial charge is 0.482 e. The van der Waals surface area contributed by atoms with Crippen LogP contribution in [0.4, 0.5) is 0 Å².